The third-order valence-electron chi connectivity index (χ3n) is 8.57. The van der Waals surface area contributed by atoms with Gasteiger partial charge in [-0.1, -0.05) is 105 Å². The van der Waals surface area contributed by atoms with E-state index >= 15 is 0 Å². The Morgan fingerprint density at radius 2 is 1.65 bits per heavy atom. The van der Waals surface area contributed by atoms with Crippen LogP contribution in [-0.2, 0) is 15.9 Å². The van der Waals surface area contributed by atoms with E-state index in [1.807, 2.05) is 11.8 Å². The molecule has 0 radical (unpaired) electrons. The van der Waals surface area contributed by atoms with Crippen LogP contribution in [0.5, 0.6) is 0 Å². The number of aryl methyl sites for hydroxylation is 1. The SMILES string of the molecule is CSC(c1ccc2c(c1)CCC(OC(OCCC1C=CC=CC1)C1c3ccccc3-c3ccccc31)=C2)C(C)C. The molecule has 0 amide bonds. The monoisotopic (exact) mass is 548 g/mol. The molecule has 6 rings (SSSR count). The fraction of sp³-hybridized carbons (Fsp3) is 0.351. The molecule has 0 aliphatic heterocycles. The minimum atomic E-state index is -0.373. The van der Waals surface area contributed by atoms with Gasteiger partial charge in [-0.3, -0.25) is 0 Å². The summed E-state index contributed by atoms with van der Waals surface area (Å²) in [6.07, 6.45) is 16.9. The maximum atomic E-state index is 6.88. The first-order chi connectivity index (χ1) is 19.6. The summed E-state index contributed by atoms with van der Waals surface area (Å²) in [5.74, 6) is 2.21. The van der Waals surface area contributed by atoms with Crippen molar-refractivity contribution in [1.82, 2.24) is 0 Å². The second kappa shape index (κ2) is 12.2. The summed E-state index contributed by atoms with van der Waals surface area (Å²) >= 11 is 1.95. The van der Waals surface area contributed by atoms with Crippen LogP contribution in [0.1, 0.15) is 72.1 Å². The van der Waals surface area contributed by atoms with Gasteiger partial charge in [-0.25, -0.2) is 0 Å². The van der Waals surface area contributed by atoms with E-state index in [2.05, 4.69) is 117 Å². The number of ether oxygens (including phenoxy) is 2. The molecule has 0 N–H and O–H groups in total. The van der Waals surface area contributed by atoms with Crippen molar-refractivity contribution in [2.75, 3.05) is 12.9 Å². The molecule has 0 spiro atoms. The van der Waals surface area contributed by atoms with E-state index in [9.17, 15) is 0 Å². The van der Waals surface area contributed by atoms with Crippen LogP contribution in [0.4, 0.5) is 0 Å². The maximum Gasteiger partial charge on any atom is 0.210 e. The van der Waals surface area contributed by atoms with Crippen molar-refractivity contribution in [2.24, 2.45) is 11.8 Å². The topological polar surface area (TPSA) is 18.5 Å². The maximum absolute atomic E-state index is 6.88. The van der Waals surface area contributed by atoms with Gasteiger partial charge in [0.2, 0.25) is 6.29 Å². The van der Waals surface area contributed by atoms with Gasteiger partial charge in [0.05, 0.1) is 12.5 Å². The number of allylic oxidation sites excluding steroid dienone is 5. The van der Waals surface area contributed by atoms with E-state index < -0.39 is 0 Å². The third kappa shape index (κ3) is 5.60. The van der Waals surface area contributed by atoms with E-state index in [-0.39, 0.29) is 12.2 Å². The van der Waals surface area contributed by atoms with Gasteiger partial charge in [-0.15, -0.1) is 0 Å². The highest BCUT2D eigenvalue weighted by atomic mass is 32.2. The normalized spacial score (nSPS) is 19.1. The fourth-order valence-electron chi connectivity index (χ4n) is 6.57. The van der Waals surface area contributed by atoms with Gasteiger partial charge in [-0.05, 0) is 82.4 Å². The Bertz CT molecular complexity index is 1390. The van der Waals surface area contributed by atoms with Gasteiger partial charge in [0.15, 0.2) is 0 Å². The Morgan fingerprint density at radius 3 is 2.33 bits per heavy atom. The molecule has 3 aliphatic rings. The average Bonchev–Trinajstić information content (AvgIpc) is 3.32. The molecule has 2 nitrogen and oxygen atoms in total. The van der Waals surface area contributed by atoms with Crippen molar-refractivity contribution in [3.05, 3.63) is 125 Å². The Kier molecular flexibility index (Phi) is 8.32. The van der Waals surface area contributed by atoms with E-state index in [4.69, 9.17) is 9.47 Å². The molecule has 40 heavy (non-hydrogen) atoms. The van der Waals surface area contributed by atoms with E-state index in [1.165, 1.54) is 38.9 Å². The molecule has 0 aromatic heterocycles. The second-order valence-electron chi connectivity index (χ2n) is 11.6. The Hall–Kier alpha value is -3.01. The lowest BCUT2D eigenvalue weighted by molar-refractivity contribution is -0.127. The van der Waals surface area contributed by atoms with Gasteiger partial charge >= 0.3 is 0 Å². The quantitative estimate of drug-likeness (QED) is 0.235. The largest absolute Gasteiger partial charge is 0.468 e. The van der Waals surface area contributed by atoms with Crippen LogP contribution >= 0.6 is 11.8 Å². The molecule has 0 heterocycles. The fourth-order valence-corrected chi connectivity index (χ4v) is 7.53. The number of thioether (sulfide) groups is 1. The highest BCUT2D eigenvalue weighted by Crippen LogP contribution is 2.48. The predicted octanol–water partition coefficient (Wildman–Crippen LogP) is 9.73. The van der Waals surface area contributed by atoms with Crippen LogP contribution in [0.2, 0.25) is 0 Å². The molecular weight excluding hydrogens is 508 g/mol. The molecule has 0 saturated carbocycles. The number of hydrogen-bond acceptors (Lipinski definition) is 3. The molecule has 206 valence electrons. The zero-order chi connectivity index (χ0) is 27.5. The summed E-state index contributed by atoms with van der Waals surface area (Å²) in [5.41, 5.74) is 9.33. The van der Waals surface area contributed by atoms with Gasteiger partial charge in [0.25, 0.3) is 0 Å². The summed E-state index contributed by atoms with van der Waals surface area (Å²) < 4.78 is 13.6. The molecule has 3 aromatic carbocycles. The average molecular weight is 549 g/mol. The lowest BCUT2D eigenvalue weighted by Crippen LogP contribution is -2.27. The van der Waals surface area contributed by atoms with Gasteiger partial charge in [0.1, 0.15) is 5.76 Å². The lowest BCUT2D eigenvalue weighted by atomic mass is 9.91. The van der Waals surface area contributed by atoms with E-state index in [0.29, 0.717) is 23.7 Å². The first-order valence-corrected chi connectivity index (χ1v) is 16.1. The van der Waals surface area contributed by atoms with Crippen molar-refractivity contribution in [3.8, 4) is 11.1 Å². The molecule has 3 heteroatoms. The van der Waals surface area contributed by atoms with E-state index in [0.717, 1.165) is 31.4 Å². The number of benzene rings is 3. The molecule has 3 atom stereocenters. The number of rotatable bonds is 10. The van der Waals surface area contributed by atoms with Crippen molar-refractivity contribution in [1.29, 1.82) is 0 Å². The molecule has 0 bridgehead atoms. The Morgan fingerprint density at radius 1 is 0.900 bits per heavy atom. The Balaban J connectivity index is 1.28. The highest BCUT2D eigenvalue weighted by Gasteiger charge is 2.37. The zero-order valence-electron chi connectivity index (χ0n) is 23.9. The zero-order valence-corrected chi connectivity index (χ0v) is 24.7. The first-order valence-electron chi connectivity index (χ1n) is 14.8. The smallest absolute Gasteiger partial charge is 0.210 e. The standard InChI is InChI=1S/C37H40O2S/c1-25(2)36(40-3)29-18-17-28-24-30(20-19-27(28)23-29)39-37(38-22-21-26-11-5-4-6-12-26)35-33-15-9-7-13-31(33)32-14-8-10-16-34(32)35/h4-11,13-18,23-26,35-37H,12,19-22H2,1-3H3. The molecule has 3 aromatic rings. The number of hydrogen-bond donors (Lipinski definition) is 0. The Labute approximate surface area is 244 Å². The minimum absolute atomic E-state index is 0.0484. The van der Waals surface area contributed by atoms with Crippen LogP contribution in [0.15, 0.2) is 96.8 Å². The van der Waals surface area contributed by atoms with Crippen molar-refractivity contribution >= 4 is 17.8 Å². The second-order valence-corrected chi connectivity index (χ2v) is 12.6. The predicted molar refractivity (Wildman–Crippen MR) is 169 cm³/mol. The van der Waals surface area contributed by atoms with E-state index in [1.54, 1.807) is 0 Å². The molecule has 0 saturated heterocycles. The van der Waals surface area contributed by atoms with Crippen LogP contribution in [0, 0.1) is 11.8 Å². The molecule has 3 aliphatic carbocycles. The molecular formula is C37H40O2S. The minimum Gasteiger partial charge on any atom is -0.468 e. The summed E-state index contributed by atoms with van der Waals surface area (Å²) in [5, 5.41) is 0.529. The summed E-state index contributed by atoms with van der Waals surface area (Å²) in [7, 11) is 0. The van der Waals surface area contributed by atoms with Gasteiger partial charge < -0.3 is 9.47 Å². The lowest BCUT2D eigenvalue weighted by Gasteiger charge is -2.30. The van der Waals surface area contributed by atoms with Crippen molar-refractivity contribution in [3.63, 3.8) is 0 Å². The molecule has 0 fully saturated rings. The summed E-state index contributed by atoms with van der Waals surface area (Å²) in [4.78, 5) is 0. The van der Waals surface area contributed by atoms with Crippen LogP contribution in [0.3, 0.4) is 0 Å². The van der Waals surface area contributed by atoms with Gasteiger partial charge in [-0.2, -0.15) is 11.8 Å². The van der Waals surface area contributed by atoms with Crippen molar-refractivity contribution < 1.29 is 9.47 Å². The summed E-state index contributed by atoms with van der Waals surface area (Å²) in [6, 6.07) is 24.5. The van der Waals surface area contributed by atoms with Crippen molar-refractivity contribution in [2.45, 2.75) is 57.0 Å². The van der Waals surface area contributed by atoms with Crippen LogP contribution in [-0.4, -0.2) is 19.2 Å². The summed E-state index contributed by atoms with van der Waals surface area (Å²) in [6.45, 7) is 5.30. The van der Waals surface area contributed by atoms with Gasteiger partial charge in [0, 0.05) is 11.7 Å². The number of fused-ring (bicyclic) bond motifs is 4. The van der Waals surface area contributed by atoms with Crippen LogP contribution < -0.4 is 0 Å². The van der Waals surface area contributed by atoms with Crippen LogP contribution in [0.25, 0.3) is 17.2 Å². The third-order valence-corrected chi connectivity index (χ3v) is 9.90. The highest BCUT2D eigenvalue weighted by molar-refractivity contribution is 7.98. The molecule has 3 unspecified atom stereocenters. The first kappa shape index (κ1) is 27.2.